The van der Waals surface area contributed by atoms with Gasteiger partial charge in [-0.05, 0) is 68.2 Å². The highest BCUT2D eigenvalue weighted by molar-refractivity contribution is 5.67. The average Bonchev–Trinajstić information content (AvgIpc) is 2.83. The Bertz CT molecular complexity index is 924. The summed E-state index contributed by atoms with van der Waals surface area (Å²) in [6, 6.07) is 14.4. The fraction of sp³-hybridized carbons (Fsp3) is 0.500. The highest BCUT2D eigenvalue weighted by Gasteiger charge is 2.37. The lowest BCUT2D eigenvalue weighted by atomic mass is 9.83. The highest BCUT2D eigenvalue weighted by atomic mass is 19.1. The molecule has 33 heavy (non-hydrogen) atoms. The largest absolute Gasteiger partial charge is 0.445 e. The first-order valence-electron chi connectivity index (χ1n) is 11.9. The van der Waals surface area contributed by atoms with Crippen molar-refractivity contribution in [2.24, 2.45) is 5.92 Å². The van der Waals surface area contributed by atoms with Crippen LogP contribution in [0.3, 0.4) is 0 Å². The first-order chi connectivity index (χ1) is 15.9. The zero-order valence-electron chi connectivity index (χ0n) is 19.0. The summed E-state index contributed by atoms with van der Waals surface area (Å²) >= 11 is 0. The third kappa shape index (κ3) is 6.15. The van der Waals surface area contributed by atoms with Crippen molar-refractivity contribution in [2.45, 2.75) is 50.8 Å². The van der Waals surface area contributed by atoms with Gasteiger partial charge < -0.3 is 20.3 Å². The summed E-state index contributed by atoms with van der Waals surface area (Å²) in [5.74, 6) is 0.157. The topological polar surface area (TPSA) is 58.8 Å². The predicted octanol–water partition coefficient (Wildman–Crippen LogP) is 5.55. The van der Waals surface area contributed by atoms with Gasteiger partial charge in [0.1, 0.15) is 18.1 Å². The van der Waals surface area contributed by atoms with Crippen LogP contribution >= 0.6 is 0 Å². The third-order valence-electron chi connectivity index (χ3n) is 7.05. The van der Waals surface area contributed by atoms with Crippen LogP contribution in [0.15, 0.2) is 48.5 Å². The number of carbonyl (C=O) groups is 1. The molecule has 0 aromatic heterocycles. The van der Waals surface area contributed by atoms with E-state index in [1.54, 1.807) is 17.0 Å². The molecule has 0 bridgehead atoms. The second-order valence-corrected chi connectivity index (χ2v) is 9.36. The number of halogens is 2. The molecule has 0 radical (unpaired) electrons. The maximum absolute atomic E-state index is 15.4. The number of rotatable bonds is 6. The van der Waals surface area contributed by atoms with Gasteiger partial charge in [-0.15, -0.1) is 0 Å². The number of amides is 1. The van der Waals surface area contributed by atoms with Crippen molar-refractivity contribution in [3.8, 4) is 0 Å². The normalized spacial score (nSPS) is 18.8. The van der Waals surface area contributed by atoms with Gasteiger partial charge in [-0.25, -0.2) is 13.6 Å². The molecular formula is C26H33F2N3O2. The second-order valence-electron chi connectivity index (χ2n) is 9.36. The van der Waals surface area contributed by atoms with Crippen molar-refractivity contribution in [1.82, 2.24) is 4.90 Å². The molecule has 2 fully saturated rings. The number of hydrogen-bond acceptors (Lipinski definition) is 4. The van der Waals surface area contributed by atoms with E-state index in [0.717, 1.165) is 37.9 Å². The van der Waals surface area contributed by atoms with Crippen LogP contribution in [0.1, 0.15) is 44.1 Å². The van der Waals surface area contributed by atoms with Crippen molar-refractivity contribution in [3.63, 3.8) is 0 Å². The van der Waals surface area contributed by atoms with E-state index in [0.29, 0.717) is 49.6 Å². The van der Waals surface area contributed by atoms with E-state index in [1.807, 2.05) is 30.3 Å². The lowest BCUT2D eigenvalue weighted by molar-refractivity contribution is 0.0323. The van der Waals surface area contributed by atoms with Crippen molar-refractivity contribution in [1.29, 1.82) is 0 Å². The lowest BCUT2D eigenvalue weighted by Gasteiger charge is -2.38. The van der Waals surface area contributed by atoms with Crippen molar-refractivity contribution in [2.75, 3.05) is 36.8 Å². The van der Waals surface area contributed by atoms with Crippen LogP contribution in [0.25, 0.3) is 0 Å². The van der Waals surface area contributed by atoms with Gasteiger partial charge in [0, 0.05) is 31.9 Å². The van der Waals surface area contributed by atoms with Gasteiger partial charge >= 0.3 is 6.09 Å². The molecule has 1 amide bonds. The lowest BCUT2D eigenvalue weighted by Crippen LogP contribution is -2.45. The third-order valence-corrected chi connectivity index (χ3v) is 7.05. The van der Waals surface area contributed by atoms with E-state index < -0.39 is 5.67 Å². The first-order valence-corrected chi connectivity index (χ1v) is 11.9. The van der Waals surface area contributed by atoms with Crippen LogP contribution in [-0.2, 0) is 11.3 Å². The maximum Gasteiger partial charge on any atom is 0.410 e. The van der Waals surface area contributed by atoms with E-state index in [9.17, 15) is 9.18 Å². The molecule has 5 nitrogen and oxygen atoms in total. The van der Waals surface area contributed by atoms with Gasteiger partial charge in [0.2, 0.25) is 0 Å². The monoisotopic (exact) mass is 457 g/mol. The van der Waals surface area contributed by atoms with Crippen LogP contribution in [0.4, 0.5) is 25.0 Å². The van der Waals surface area contributed by atoms with Crippen molar-refractivity contribution >= 4 is 17.5 Å². The fourth-order valence-electron chi connectivity index (χ4n) is 4.86. The molecule has 2 aliphatic rings. The smallest absolute Gasteiger partial charge is 0.410 e. The van der Waals surface area contributed by atoms with Gasteiger partial charge in [-0.2, -0.15) is 0 Å². The summed E-state index contributed by atoms with van der Waals surface area (Å²) in [5.41, 5.74) is 6.38. The van der Waals surface area contributed by atoms with Crippen LogP contribution in [-0.4, -0.2) is 42.8 Å². The summed E-state index contributed by atoms with van der Waals surface area (Å²) in [6.45, 7) is 2.55. The van der Waals surface area contributed by atoms with E-state index in [-0.39, 0.29) is 18.5 Å². The van der Waals surface area contributed by atoms with Crippen LogP contribution in [0, 0.1) is 11.7 Å². The van der Waals surface area contributed by atoms with E-state index >= 15 is 4.39 Å². The zero-order valence-corrected chi connectivity index (χ0v) is 19.0. The molecule has 4 rings (SSSR count). The number of hydrogen-bond donors (Lipinski definition) is 1. The standard InChI is InChI=1S/C26H33F2N3O2/c27-23-18-22(29)6-7-24(23)30-14-9-20(10-15-30)8-11-26(28)12-16-31(17-13-26)25(32)33-19-21-4-2-1-3-5-21/h1-7,18,20H,8-17,19,29H2. The number of ether oxygens (including phenoxy) is 1. The van der Waals surface area contributed by atoms with E-state index in [4.69, 9.17) is 10.5 Å². The van der Waals surface area contributed by atoms with Crippen LogP contribution < -0.4 is 10.6 Å². The van der Waals surface area contributed by atoms with Crippen molar-refractivity contribution in [3.05, 3.63) is 59.9 Å². The molecule has 0 aliphatic carbocycles. The molecule has 2 aromatic rings. The van der Waals surface area contributed by atoms with Crippen LogP contribution in [0.2, 0.25) is 0 Å². The number of nitrogens with zero attached hydrogens (tertiary/aromatic N) is 2. The van der Waals surface area contributed by atoms with E-state index in [1.165, 1.54) is 6.07 Å². The maximum atomic E-state index is 15.4. The number of piperidine rings is 2. The molecule has 2 aliphatic heterocycles. The molecule has 7 heteroatoms. The number of nitrogens with two attached hydrogens (primary N) is 1. The summed E-state index contributed by atoms with van der Waals surface area (Å²) in [5, 5.41) is 0. The summed E-state index contributed by atoms with van der Waals surface area (Å²) in [6.07, 6.45) is 3.53. The SMILES string of the molecule is Nc1ccc(N2CCC(CCC3(F)CCN(C(=O)OCc4ccccc4)CC3)CC2)c(F)c1. The number of benzene rings is 2. The second kappa shape index (κ2) is 10.4. The summed E-state index contributed by atoms with van der Waals surface area (Å²) in [7, 11) is 0. The Morgan fingerprint density at radius 1 is 1.06 bits per heavy atom. The van der Waals surface area contributed by atoms with Gasteiger partial charge in [0.25, 0.3) is 0 Å². The molecule has 0 unspecified atom stereocenters. The molecule has 2 heterocycles. The Labute approximate surface area is 194 Å². The molecule has 2 N–H and O–H groups in total. The quantitative estimate of drug-likeness (QED) is 0.578. The zero-order chi connectivity index (χ0) is 23.3. The molecule has 178 valence electrons. The number of alkyl halides is 1. The van der Waals surface area contributed by atoms with Gasteiger partial charge in [0.15, 0.2) is 0 Å². The Morgan fingerprint density at radius 2 is 1.76 bits per heavy atom. The fourth-order valence-corrected chi connectivity index (χ4v) is 4.86. The molecular weight excluding hydrogens is 424 g/mol. The molecule has 2 aromatic carbocycles. The van der Waals surface area contributed by atoms with Gasteiger partial charge in [0.05, 0.1) is 5.69 Å². The molecule has 2 saturated heterocycles. The van der Waals surface area contributed by atoms with Crippen molar-refractivity contribution < 1.29 is 18.3 Å². The highest BCUT2D eigenvalue weighted by Crippen LogP contribution is 2.35. The number of anilines is 2. The summed E-state index contributed by atoms with van der Waals surface area (Å²) < 4.78 is 35.0. The minimum atomic E-state index is -1.23. The van der Waals surface area contributed by atoms with Crippen LogP contribution in [0.5, 0.6) is 0 Å². The van der Waals surface area contributed by atoms with E-state index in [2.05, 4.69) is 4.90 Å². The number of likely N-dealkylation sites (tertiary alicyclic amines) is 1. The minimum absolute atomic E-state index is 0.232. The molecule has 0 saturated carbocycles. The Hall–Kier alpha value is -2.83. The predicted molar refractivity (Wildman–Crippen MR) is 126 cm³/mol. The molecule has 0 spiro atoms. The average molecular weight is 458 g/mol. The molecule has 0 atom stereocenters. The minimum Gasteiger partial charge on any atom is -0.445 e. The number of nitrogen functional groups attached to an aromatic ring is 1. The number of carbonyl (C=O) groups excluding carboxylic acids is 1. The first kappa shape index (κ1) is 23.3. The summed E-state index contributed by atoms with van der Waals surface area (Å²) in [4.78, 5) is 16.0. The Kier molecular flexibility index (Phi) is 7.36. The van der Waals surface area contributed by atoms with Gasteiger partial charge in [-0.3, -0.25) is 0 Å². The Balaban J connectivity index is 1.17. The Morgan fingerprint density at radius 3 is 2.42 bits per heavy atom. The van der Waals surface area contributed by atoms with Gasteiger partial charge in [-0.1, -0.05) is 30.3 Å².